The third-order valence-electron chi connectivity index (χ3n) is 3.98. The number of benzene rings is 1. The van der Waals surface area contributed by atoms with Gasteiger partial charge in [0.25, 0.3) is 0 Å². The van der Waals surface area contributed by atoms with Gasteiger partial charge in [0.05, 0.1) is 13.2 Å². The molecule has 0 unspecified atom stereocenters. The van der Waals surface area contributed by atoms with E-state index in [1.807, 2.05) is 13.0 Å². The second kappa shape index (κ2) is 8.03. The maximum atomic E-state index is 12.0. The molecule has 0 amide bonds. The molecule has 1 fully saturated rings. The molecule has 0 spiro atoms. The van der Waals surface area contributed by atoms with E-state index in [0.29, 0.717) is 30.4 Å². The van der Waals surface area contributed by atoms with Crippen molar-refractivity contribution in [3.05, 3.63) is 29.8 Å². The van der Waals surface area contributed by atoms with Crippen LogP contribution in [-0.4, -0.2) is 19.2 Å². The number of ether oxygens (including phenoxy) is 1. The van der Waals surface area contributed by atoms with Gasteiger partial charge >= 0.3 is 5.97 Å². The van der Waals surface area contributed by atoms with Gasteiger partial charge in [0.2, 0.25) is 0 Å². The van der Waals surface area contributed by atoms with E-state index in [1.54, 1.807) is 18.2 Å². The lowest BCUT2D eigenvalue weighted by Crippen LogP contribution is -2.19. The van der Waals surface area contributed by atoms with E-state index in [1.165, 1.54) is 12.8 Å². The van der Waals surface area contributed by atoms with Crippen molar-refractivity contribution < 1.29 is 19.3 Å². The highest BCUT2D eigenvalue weighted by atomic mass is 17.2. The summed E-state index contributed by atoms with van der Waals surface area (Å²) < 4.78 is 5.41. The third-order valence-corrected chi connectivity index (χ3v) is 3.98. The van der Waals surface area contributed by atoms with Crippen molar-refractivity contribution in [1.82, 2.24) is 0 Å². The summed E-state index contributed by atoms with van der Waals surface area (Å²) in [7, 11) is 0. The second-order valence-corrected chi connectivity index (χ2v) is 5.71. The molecule has 1 aliphatic carbocycles. The number of carbonyl (C=O) groups excluding carboxylic acids is 1. The zero-order valence-electron chi connectivity index (χ0n) is 12.8. The van der Waals surface area contributed by atoms with E-state index >= 15 is 0 Å². The van der Waals surface area contributed by atoms with Crippen LogP contribution in [0, 0.1) is 11.8 Å². The maximum Gasteiger partial charge on any atom is 0.376 e. The molecular weight excluding hydrogens is 268 g/mol. The molecule has 0 N–H and O–H groups in total. The maximum absolute atomic E-state index is 12.0. The standard InChI is InChI=1S/C17H24O4/c1-3-19-16-7-5-4-6-15(16)17(18)21-20-12-14-10-8-13(2)9-11-14/h4-7,13-14H,3,8-12H2,1-2H3. The van der Waals surface area contributed by atoms with Crippen LogP contribution in [0.3, 0.4) is 0 Å². The van der Waals surface area contributed by atoms with Gasteiger partial charge in [-0.05, 0) is 43.7 Å². The Balaban J connectivity index is 1.79. The Bertz CT molecular complexity index is 450. The highest BCUT2D eigenvalue weighted by Gasteiger charge is 2.20. The summed E-state index contributed by atoms with van der Waals surface area (Å²) in [6, 6.07) is 7.04. The van der Waals surface area contributed by atoms with E-state index in [-0.39, 0.29) is 0 Å². The number of hydrogen-bond donors (Lipinski definition) is 0. The first-order chi connectivity index (χ1) is 10.2. The van der Waals surface area contributed by atoms with Gasteiger partial charge in [0.15, 0.2) is 0 Å². The Morgan fingerprint density at radius 2 is 1.90 bits per heavy atom. The van der Waals surface area contributed by atoms with Gasteiger partial charge < -0.3 is 4.74 Å². The number of hydrogen-bond acceptors (Lipinski definition) is 4. The lowest BCUT2D eigenvalue weighted by atomic mass is 9.83. The SMILES string of the molecule is CCOc1ccccc1C(=O)OOCC1CCC(C)CC1. The van der Waals surface area contributed by atoms with Gasteiger partial charge in [-0.3, -0.25) is 4.89 Å². The Kier molecular flexibility index (Phi) is 6.05. The molecule has 0 aromatic heterocycles. The van der Waals surface area contributed by atoms with Crippen LogP contribution in [0.5, 0.6) is 5.75 Å². The largest absolute Gasteiger partial charge is 0.493 e. The average molecular weight is 292 g/mol. The van der Waals surface area contributed by atoms with Gasteiger partial charge in [-0.2, -0.15) is 4.89 Å². The number of carbonyl (C=O) groups is 1. The molecule has 0 heterocycles. The van der Waals surface area contributed by atoms with Crippen LogP contribution in [-0.2, 0) is 9.78 Å². The van der Waals surface area contributed by atoms with Crippen LogP contribution in [0.15, 0.2) is 24.3 Å². The van der Waals surface area contributed by atoms with Gasteiger partial charge in [-0.15, -0.1) is 0 Å². The van der Waals surface area contributed by atoms with Crippen LogP contribution >= 0.6 is 0 Å². The van der Waals surface area contributed by atoms with Crippen molar-refractivity contribution in [1.29, 1.82) is 0 Å². The lowest BCUT2D eigenvalue weighted by Gasteiger charge is -2.25. The summed E-state index contributed by atoms with van der Waals surface area (Å²) in [4.78, 5) is 22.1. The topological polar surface area (TPSA) is 44.8 Å². The molecule has 4 nitrogen and oxygen atoms in total. The minimum atomic E-state index is -0.497. The van der Waals surface area contributed by atoms with Gasteiger partial charge in [0.1, 0.15) is 11.3 Å². The molecule has 0 aliphatic heterocycles. The fourth-order valence-electron chi connectivity index (χ4n) is 2.64. The molecule has 21 heavy (non-hydrogen) atoms. The third kappa shape index (κ3) is 4.74. The van der Waals surface area contributed by atoms with Crippen molar-refractivity contribution in [2.45, 2.75) is 39.5 Å². The van der Waals surface area contributed by atoms with Crippen molar-refractivity contribution in [3.63, 3.8) is 0 Å². The minimum absolute atomic E-state index is 0.400. The summed E-state index contributed by atoms with van der Waals surface area (Å²) in [5, 5.41) is 0. The van der Waals surface area contributed by atoms with Gasteiger partial charge in [0, 0.05) is 0 Å². The van der Waals surface area contributed by atoms with Gasteiger partial charge in [-0.1, -0.05) is 31.9 Å². The Morgan fingerprint density at radius 3 is 2.62 bits per heavy atom. The Morgan fingerprint density at radius 1 is 1.19 bits per heavy atom. The van der Waals surface area contributed by atoms with Crippen LogP contribution in [0.1, 0.15) is 49.9 Å². The summed E-state index contributed by atoms with van der Waals surface area (Å²) in [6.07, 6.45) is 4.76. The molecule has 4 heteroatoms. The van der Waals surface area contributed by atoms with Gasteiger partial charge in [-0.25, -0.2) is 4.79 Å². The summed E-state index contributed by atoms with van der Waals surface area (Å²) in [5.41, 5.74) is 0.400. The Labute approximate surface area is 126 Å². The average Bonchev–Trinajstić information content (AvgIpc) is 2.50. The molecule has 1 aromatic carbocycles. The number of para-hydroxylation sites is 1. The quantitative estimate of drug-likeness (QED) is 0.587. The predicted octanol–water partition coefficient (Wildman–Crippen LogP) is 4.00. The van der Waals surface area contributed by atoms with Crippen molar-refractivity contribution in [3.8, 4) is 5.75 Å². The molecule has 116 valence electrons. The molecule has 0 saturated heterocycles. The molecule has 1 aromatic rings. The molecule has 0 radical (unpaired) electrons. The van der Waals surface area contributed by atoms with E-state index < -0.39 is 5.97 Å². The minimum Gasteiger partial charge on any atom is -0.493 e. The molecular formula is C17H24O4. The van der Waals surface area contributed by atoms with Crippen molar-refractivity contribution in [2.75, 3.05) is 13.2 Å². The Hall–Kier alpha value is -1.55. The smallest absolute Gasteiger partial charge is 0.376 e. The fraction of sp³-hybridized carbons (Fsp3) is 0.588. The van der Waals surface area contributed by atoms with E-state index in [0.717, 1.165) is 18.8 Å². The molecule has 2 rings (SSSR count). The second-order valence-electron chi connectivity index (χ2n) is 5.71. The van der Waals surface area contributed by atoms with Crippen molar-refractivity contribution in [2.24, 2.45) is 11.8 Å². The molecule has 0 atom stereocenters. The van der Waals surface area contributed by atoms with E-state index in [2.05, 4.69) is 6.92 Å². The first-order valence-corrected chi connectivity index (χ1v) is 7.76. The van der Waals surface area contributed by atoms with E-state index in [9.17, 15) is 4.79 Å². The van der Waals surface area contributed by atoms with Crippen LogP contribution in [0.4, 0.5) is 0 Å². The summed E-state index contributed by atoms with van der Waals surface area (Å²) in [5.74, 6) is 1.33. The van der Waals surface area contributed by atoms with Crippen molar-refractivity contribution >= 4 is 5.97 Å². The molecule has 1 saturated carbocycles. The first kappa shape index (κ1) is 15.8. The monoisotopic (exact) mass is 292 g/mol. The predicted molar refractivity (Wildman–Crippen MR) is 80.1 cm³/mol. The van der Waals surface area contributed by atoms with Crippen LogP contribution < -0.4 is 4.74 Å². The zero-order chi connectivity index (χ0) is 15.1. The number of rotatable bonds is 6. The summed E-state index contributed by atoms with van der Waals surface area (Å²) in [6.45, 7) is 5.14. The highest BCUT2D eigenvalue weighted by molar-refractivity contribution is 5.92. The van der Waals surface area contributed by atoms with E-state index in [4.69, 9.17) is 14.5 Å². The van der Waals surface area contributed by atoms with Crippen LogP contribution in [0.2, 0.25) is 0 Å². The zero-order valence-corrected chi connectivity index (χ0v) is 12.8. The lowest BCUT2D eigenvalue weighted by molar-refractivity contribution is -0.250. The molecule has 1 aliphatic rings. The molecule has 0 bridgehead atoms. The fourth-order valence-corrected chi connectivity index (χ4v) is 2.64. The first-order valence-electron chi connectivity index (χ1n) is 7.76. The van der Waals surface area contributed by atoms with Crippen LogP contribution in [0.25, 0.3) is 0 Å². The summed E-state index contributed by atoms with van der Waals surface area (Å²) >= 11 is 0. The normalized spacial score (nSPS) is 21.8. The highest BCUT2D eigenvalue weighted by Crippen LogP contribution is 2.28.